The zero-order chi connectivity index (χ0) is 12.1. The van der Waals surface area contributed by atoms with Gasteiger partial charge in [-0.3, -0.25) is 0 Å². The van der Waals surface area contributed by atoms with Crippen LogP contribution in [0.15, 0.2) is 24.3 Å². The van der Waals surface area contributed by atoms with E-state index in [-0.39, 0.29) is 5.92 Å². The third-order valence-corrected chi connectivity index (χ3v) is 2.60. The highest BCUT2D eigenvalue weighted by Crippen LogP contribution is 2.23. The van der Waals surface area contributed by atoms with Gasteiger partial charge in [-0.1, -0.05) is 18.1 Å². The molecule has 0 unspecified atom stereocenters. The minimum Gasteiger partial charge on any atom is -0.387 e. The van der Waals surface area contributed by atoms with E-state index < -0.39 is 6.10 Å². The summed E-state index contributed by atoms with van der Waals surface area (Å²) in [5, 5.41) is 10.0. The van der Waals surface area contributed by atoms with E-state index in [9.17, 15) is 5.11 Å². The normalized spacial score (nSPS) is 13.6. The zero-order valence-corrected chi connectivity index (χ0v) is 10.4. The maximum absolute atomic E-state index is 10.0. The summed E-state index contributed by atoms with van der Waals surface area (Å²) in [6.07, 6.45) is -0.510. The average molecular weight is 217 g/mol. The fourth-order valence-electron chi connectivity index (χ4n) is 1.56. The molecule has 2 nitrogen and oxygen atoms in total. The fraction of sp³-hybridized carbons (Fsp3) is 0.429. The first kappa shape index (κ1) is 12.6. The molecule has 16 heavy (non-hydrogen) atoms. The molecule has 0 fully saturated rings. The molecule has 0 aliphatic heterocycles. The van der Waals surface area contributed by atoms with E-state index in [1.807, 2.05) is 50.2 Å². The van der Waals surface area contributed by atoms with Crippen LogP contribution in [0.1, 0.15) is 25.5 Å². The van der Waals surface area contributed by atoms with E-state index >= 15 is 0 Å². The Morgan fingerprint density at radius 1 is 1.19 bits per heavy atom. The van der Waals surface area contributed by atoms with Crippen LogP contribution < -0.4 is 4.90 Å². The van der Waals surface area contributed by atoms with E-state index in [4.69, 9.17) is 0 Å². The van der Waals surface area contributed by atoms with Crippen LogP contribution in [-0.4, -0.2) is 19.2 Å². The Labute approximate surface area is 97.9 Å². The Bertz CT molecular complexity index is 383. The van der Waals surface area contributed by atoms with E-state index in [1.54, 1.807) is 6.92 Å². The summed E-state index contributed by atoms with van der Waals surface area (Å²) in [4.78, 5) is 2.03. The largest absolute Gasteiger partial charge is 0.387 e. The first-order valence-corrected chi connectivity index (χ1v) is 5.44. The average Bonchev–Trinajstić information content (AvgIpc) is 2.28. The number of benzene rings is 1. The van der Waals surface area contributed by atoms with Crippen LogP contribution in [0.2, 0.25) is 0 Å². The van der Waals surface area contributed by atoms with Crippen molar-refractivity contribution < 1.29 is 5.11 Å². The zero-order valence-electron chi connectivity index (χ0n) is 10.4. The molecule has 1 N–H and O–H groups in total. The number of aliphatic hydroxyl groups excluding tert-OH is 1. The van der Waals surface area contributed by atoms with Crippen molar-refractivity contribution in [2.45, 2.75) is 20.0 Å². The molecule has 1 aromatic carbocycles. The monoisotopic (exact) mass is 217 g/mol. The van der Waals surface area contributed by atoms with E-state index in [0.29, 0.717) is 0 Å². The van der Waals surface area contributed by atoms with Crippen molar-refractivity contribution in [2.24, 2.45) is 5.92 Å². The molecule has 0 radical (unpaired) electrons. The van der Waals surface area contributed by atoms with Gasteiger partial charge in [0.25, 0.3) is 0 Å². The molecule has 1 rings (SSSR count). The van der Waals surface area contributed by atoms with Crippen molar-refractivity contribution in [1.82, 2.24) is 0 Å². The van der Waals surface area contributed by atoms with Gasteiger partial charge >= 0.3 is 0 Å². The summed E-state index contributed by atoms with van der Waals surface area (Å²) < 4.78 is 0. The van der Waals surface area contributed by atoms with Gasteiger partial charge in [-0.05, 0) is 31.5 Å². The molecule has 1 aromatic rings. The van der Waals surface area contributed by atoms with Crippen LogP contribution >= 0.6 is 0 Å². The lowest BCUT2D eigenvalue weighted by atomic mass is 9.98. The third-order valence-electron chi connectivity index (χ3n) is 2.60. The third kappa shape index (κ3) is 3.01. The molecule has 0 saturated carbocycles. The highest BCUT2D eigenvalue weighted by molar-refractivity contribution is 5.46. The standard InChI is InChI=1S/C14H19NO/c1-5-6-11(2)14(16)12-7-9-13(10-8-12)15(3)4/h7-11,14,16H,1-4H3/t11-,14-/m1/s1. The van der Waals surface area contributed by atoms with Gasteiger partial charge in [0.15, 0.2) is 0 Å². The number of rotatable bonds is 3. The molecule has 0 aliphatic rings. The van der Waals surface area contributed by atoms with Gasteiger partial charge < -0.3 is 10.0 Å². The van der Waals surface area contributed by atoms with Gasteiger partial charge in [0, 0.05) is 25.7 Å². The molecule has 0 heterocycles. The van der Waals surface area contributed by atoms with Crippen molar-refractivity contribution in [3.05, 3.63) is 29.8 Å². The molecule has 2 atom stereocenters. The smallest absolute Gasteiger partial charge is 0.0924 e. The molecule has 0 amide bonds. The maximum atomic E-state index is 10.0. The molecular formula is C14H19NO. The van der Waals surface area contributed by atoms with Gasteiger partial charge in [0.05, 0.1) is 6.10 Å². The quantitative estimate of drug-likeness (QED) is 0.786. The molecule has 0 bridgehead atoms. The summed E-state index contributed by atoms with van der Waals surface area (Å²) in [6, 6.07) is 7.91. The van der Waals surface area contributed by atoms with E-state index in [0.717, 1.165) is 11.3 Å². The molecule has 2 heteroatoms. The lowest BCUT2D eigenvalue weighted by Crippen LogP contribution is -2.10. The lowest BCUT2D eigenvalue weighted by Gasteiger charge is -2.17. The van der Waals surface area contributed by atoms with E-state index in [1.165, 1.54) is 0 Å². The molecule has 86 valence electrons. The Kier molecular flexibility index (Phi) is 4.39. The predicted octanol–water partition coefficient (Wildman–Crippen LogP) is 2.45. The van der Waals surface area contributed by atoms with E-state index in [2.05, 4.69) is 11.8 Å². The van der Waals surface area contributed by atoms with Crippen LogP contribution in [-0.2, 0) is 0 Å². The second-order valence-electron chi connectivity index (χ2n) is 4.11. The molecule has 0 aliphatic carbocycles. The predicted molar refractivity (Wildman–Crippen MR) is 68.3 cm³/mol. The first-order chi connectivity index (χ1) is 7.56. The summed E-state index contributed by atoms with van der Waals surface area (Å²) in [5.74, 6) is 5.77. The Balaban J connectivity index is 2.84. The van der Waals surface area contributed by atoms with Gasteiger partial charge in [0.2, 0.25) is 0 Å². The Morgan fingerprint density at radius 3 is 2.19 bits per heavy atom. The summed E-state index contributed by atoms with van der Waals surface area (Å²) in [7, 11) is 3.99. The summed E-state index contributed by atoms with van der Waals surface area (Å²) in [5.41, 5.74) is 2.05. The van der Waals surface area contributed by atoms with Crippen LogP contribution in [0.4, 0.5) is 5.69 Å². The lowest BCUT2D eigenvalue weighted by molar-refractivity contribution is 0.143. The maximum Gasteiger partial charge on any atom is 0.0924 e. The Hall–Kier alpha value is -1.46. The minimum atomic E-state index is -0.510. The van der Waals surface area contributed by atoms with Crippen molar-refractivity contribution in [3.63, 3.8) is 0 Å². The highest BCUT2D eigenvalue weighted by Gasteiger charge is 2.13. The van der Waals surface area contributed by atoms with Gasteiger partial charge in [0.1, 0.15) is 0 Å². The summed E-state index contributed by atoms with van der Waals surface area (Å²) in [6.45, 7) is 3.72. The molecular weight excluding hydrogens is 198 g/mol. The SMILES string of the molecule is CC#C[C@@H](C)[C@@H](O)c1ccc(N(C)C)cc1. The number of hydrogen-bond acceptors (Lipinski definition) is 2. The van der Waals surface area contributed by atoms with Crippen LogP contribution in [0.5, 0.6) is 0 Å². The highest BCUT2D eigenvalue weighted by atomic mass is 16.3. The summed E-state index contributed by atoms with van der Waals surface area (Å²) >= 11 is 0. The number of aliphatic hydroxyl groups is 1. The number of nitrogens with zero attached hydrogens (tertiary/aromatic N) is 1. The molecule has 0 aromatic heterocycles. The second kappa shape index (κ2) is 5.58. The topological polar surface area (TPSA) is 23.5 Å². The molecule has 0 spiro atoms. The van der Waals surface area contributed by atoms with Crippen LogP contribution in [0, 0.1) is 17.8 Å². The Morgan fingerprint density at radius 2 is 1.75 bits per heavy atom. The second-order valence-corrected chi connectivity index (χ2v) is 4.11. The molecule has 0 saturated heterocycles. The van der Waals surface area contributed by atoms with Crippen molar-refractivity contribution in [2.75, 3.05) is 19.0 Å². The van der Waals surface area contributed by atoms with Gasteiger partial charge in [-0.25, -0.2) is 0 Å². The van der Waals surface area contributed by atoms with Crippen LogP contribution in [0.3, 0.4) is 0 Å². The van der Waals surface area contributed by atoms with Gasteiger partial charge in [-0.2, -0.15) is 0 Å². The van der Waals surface area contributed by atoms with Gasteiger partial charge in [-0.15, -0.1) is 5.92 Å². The minimum absolute atomic E-state index is 0.0322. The fourth-order valence-corrected chi connectivity index (χ4v) is 1.56. The number of hydrogen-bond donors (Lipinski definition) is 1. The van der Waals surface area contributed by atoms with Crippen molar-refractivity contribution in [1.29, 1.82) is 0 Å². The number of anilines is 1. The van der Waals surface area contributed by atoms with Crippen molar-refractivity contribution >= 4 is 5.69 Å². The van der Waals surface area contributed by atoms with Crippen LogP contribution in [0.25, 0.3) is 0 Å². The first-order valence-electron chi connectivity index (χ1n) is 5.44. The van der Waals surface area contributed by atoms with Crippen molar-refractivity contribution in [3.8, 4) is 11.8 Å².